The highest BCUT2D eigenvalue weighted by Crippen LogP contribution is 2.40. The van der Waals surface area contributed by atoms with Gasteiger partial charge in [0.15, 0.2) is 5.15 Å². The lowest BCUT2D eigenvalue weighted by Crippen LogP contribution is -2.48. The number of ether oxygens (including phenoxy) is 2. The highest BCUT2D eigenvalue weighted by Gasteiger charge is 2.51. The van der Waals surface area contributed by atoms with E-state index >= 15 is 0 Å². The number of nitrogens with one attached hydrogen (secondary N) is 2. The number of carbonyl (C=O) groups excluding carboxylic acids is 2. The van der Waals surface area contributed by atoms with Crippen LogP contribution in [-0.2, 0) is 26.1 Å². The maximum atomic E-state index is 13.6. The van der Waals surface area contributed by atoms with E-state index in [2.05, 4.69) is 20.5 Å². The molecule has 2 aromatic rings. The molecule has 0 saturated carbocycles. The van der Waals surface area contributed by atoms with Gasteiger partial charge in [-0.15, -0.1) is 0 Å². The highest BCUT2D eigenvalue weighted by molar-refractivity contribution is 7.93. The van der Waals surface area contributed by atoms with Crippen molar-refractivity contribution in [3.8, 4) is 5.75 Å². The number of sulfonamides is 1. The van der Waals surface area contributed by atoms with Crippen LogP contribution >= 0.6 is 11.6 Å². The van der Waals surface area contributed by atoms with E-state index in [4.69, 9.17) is 16.3 Å². The predicted octanol–water partition coefficient (Wildman–Crippen LogP) is 3.54. The van der Waals surface area contributed by atoms with Gasteiger partial charge in [-0.2, -0.15) is 18.3 Å². The first-order valence-corrected chi connectivity index (χ1v) is 12.7. The fourth-order valence-corrected chi connectivity index (χ4v) is 5.20. The smallest absolute Gasteiger partial charge is 0.427 e. The van der Waals surface area contributed by atoms with Crippen molar-refractivity contribution in [2.24, 2.45) is 0 Å². The zero-order valence-corrected chi connectivity index (χ0v) is 21.8. The van der Waals surface area contributed by atoms with Crippen LogP contribution in [0.4, 0.5) is 29.3 Å². The zero-order valence-electron chi connectivity index (χ0n) is 20.2. The normalized spacial score (nSPS) is 16.0. The van der Waals surface area contributed by atoms with Crippen LogP contribution in [0.1, 0.15) is 27.7 Å². The number of anilines is 2. The van der Waals surface area contributed by atoms with Crippen molar-refractivity contribution in [2.75, 3.05) is 22.7 Å². The van der Waals surface area contributed by atoms with Gasteiger partial charge in [0.05, 0.1) is 18.8 Å². The van der Waals surface area contributed by atoms with Crippen LogP contribution in [0.5, 0.6) is 5.75 Å². The minimum atomic E-state index is -4.82. The molecule has 1 aromatic carbocycles. The molecule has 204 valence electrons. The third kappa shape index (κ3) is 6.21. The summed E-state index contributed by atoms with van der Waals surface area (Å²) >= 11 is 6.10. The first kappa shape index (κ1) is 28.4. The fraction of sp³-hybridized carbons (Fsp3) is 0.476. The topological polar surface area (TPSA) is 132 Å². The summed E-state index contributed by atoms with van der Waals surface area (Å²) in [7, 11) is -4.33. The average molecular weight is 568 g/mol. The second-order valence-electron chi connectivity index (χ2n) is 8.56. The van der Waals surface area contributed by atoms with Gasteiger partial charge in [0.2, 0.25) is 11.5 Å². The highest BCUT2D eigenvalue weighted by atomic mass is 35.5. The molecule has 0 unspecified atom stereocenters. The van der Waals surface area contributed by atoms with Crippen molar-refractivity contribution in [1.82, 2.24) is 15.1 Å². The Labute approximate surface area is 215 Å². The fourth-order valence-electron chi connectivity index (χ4n) is 3.25. The number of benzene rings is 1. The lowest BCUT2D eigenvalue weighted by atomic mass is 10.1. The number of hydrogen-bond donors (Lipinski definition) is 2. The van der Waals surface area contributed by atoms with Crippen molar-refractivity contribution >= 4 is 45.0 Å². The van der Waals surface area contributed by atoms with Crippen molar-refractivity contribution in [3.63, 3.8) is 0 Å². The lowest BCUT2D eigenvalue weighted by molar-refractivity contribution is -0.242. The molecule has 2 N–H and O–H groups in total. The number of hydrogen-bond acceptors (Lipinski definition) is 7. The van der Waals surface area contributed by atoms with E-state index in [1.165, 1.54) is 36.0 Å². The number of aryl methyl sites for hydroxylation is 1. The lowest BCUT2D eigenvalue weighted by Gasteiger charge is -2.35. The predicted molar refractivity (Wildman–Crippen MR) is 127 cm³/mol. The van der Waals surface area contributed by atoms with Crippen LogP contribution in [0.3, 0.4) is 0 Å². The zero-order chi connectivity index (χ0) is 27.8. The third-order valence-corrected chi connectivity index (χ3v) is 7.50. The van der Waals surface area contributed by atoms with Crippen molar-refractivity contribution in [2.45, 2.75) is 57.0 Å². The number of halogens is 4. The number of carbonyl (C=O) groups is 2. The standard InChI is InChI=1S/C21H25ClF3N5O6S/c1-5-29-11-17(18(22)28-29)37(33,34)30-10-14(9-26-12(2)31)35-16-7-6-13(8-15(16)30)27-19(32)36-20(3,4)21(23,24)25/h6-8,11,14H,5,9-10H2,1-4H3,(H,26,31)(H,27,32)/t14-/m0/s1. The molecule has 0 saturated heterocycles. The van der Waals surface area contributed by atoms with Crippen molar-refractivity contribution in [3.05, 3.63) is 29.5 Å². The van der Waals surface area contributed by atoms with E-state index in [1.807, 2.05) is 0 Å². The SMILES string of the molecule is CCn1cc(S(=O)(=O)N2C[C@H](CNC(C)=O)Oc3ccc(NC(=O)OC(C)(C)C(F)(F)F)cc32)c(Cl)n1. The summed E-state index contributed by atoms with van der Waals surface area (Å²) in [4.78, 5) is 23.2. The Morgan fingerprint density at radius 3 is 2.54 bits per heavy atom. The summed E-state index contributed by atoms with van der Waals surface area (Å²) in [5.41, 5.74) is -2.84. The molecule has 0 aliphatic carbocycles. The molecular formula is C21H25ClF3N5O6S. The minimum Gasteiger partial charge on any atom is -0.484 e. The monoisotopic (exact) mass is 567 g/mol. The van der Waals surface area contributed by atoms with Crippen LogP contribution in [-0.4, -0.2) is 61.2 Å². The van der Waals surface area contributed by atoms with E-state index in [1.54, 1.807) is 6.92 Å². The number of rotatable bonds is 7. The number of aromatic nitrogens is 2. The maximum absolute atomic E-state index is 13.6. The summed E-state index contributed by atoms with van der Waals surface area (Å²) in [5, 5.41) is 8.43. The summed E-state index contributed by atoms with van der Waals surface area (Å²) in [5.74, 6) is -0.269. The van der Waals surface area contributed by atoms with Crippen LogP contribution in [0, 0.1) is 0 Å². The minimum absolute atomic E-state index is 0.0123. The Bertz CT molecular complexity index is 1300. The van der Waals surface area contributed by atoms with Crippen molar-refractivity contribution < 1.29 is 40.7 Å². The quantitative estimate of drug-likeness (QED) is 0.523. The molecule has 0 radical (unpaired) electrons. The van der Waals surface area contributed by atoms with Gasteiger partial charge >= 0.3 is 12.3 Å². The first-order chi connectivity index (χ1) is 17.0. The molecule has 37 heavy (non-hydrogen) atoms. The summed E-state index contributed by atoms with van der Waals surface area (Å²) in [6.45, 7) is 4.50. The molecule has 1 aliphatic rings. The van der Waals surface area contributed by atoms with Gasteiger partial charge in [-0.1, -0.05) is 11.6 Å². The largest absolute Gasteiger partial charge is 0.484 e. The second kappa shape index (κ2) is 10.3. The molecular weight excluding hydrogens is 543 g/mol. The first-order valence-electron chi connectivity index (χ1n) is 10.9. The van der Waals surface area contributed by atoms with Crippen LogP contribution in [0.25, 0.3) is 0 Å². The molecule has 1 atom stereocenters. The van der Waals surface area contributed by atoms with Crippen LogP contribution in [0.15, 0.2) is 29.3 Å². The third-order valence-electron chi connectivity index (χ3n) is 5.32. The van der Waals surface area contributed by atoms with E-state index in [9.17, 15) is 31.2 Å². The van der Waals surface area contributed by atoms with E-state index < -0.39 is 34.0 Å². The molecule has 0 fully saturated rings. The van der Waals surface area contributed by atoms with Gasteiger partial charge in [-0.25, -0.2) is 13.2 Å². The molecule has 1 aliphatic heterocycles. The van der Waals surface area contributed by atoms with Gasteiger partial charge in [0, 0.05) is 25.4 Å². The maximum Gasteiger partial charge on any atom is 0.427 e. The average Bonchev–Trinajstić information content (AvgIpc) is 3.17. The molecule has 3 rings (SSSR count). The number of nitrogens with zero attached hydrogens (tertiary/aromatic N) is 3. The molecule has 0 bridgehead atoms. The summed E-state index contributed by atoms with van der Waals surface area (Å²) < 4.78 is 79.1. The Balaban J connectivity index is 1.98. The van der Waals surface area contributed by atoms with Gasteiger partial charge in [0.25, 0.3) is 10.0 Å². The van der Waals surface area contributed by atoms with E-state index in [0.717, 1.165) is 4.31 Å². The van der Waals surface area contributed by atoms with E-state index in [-0.39, 0.29) is 46.2 Å². The molecule has 2 heterocycles. The summed E-state index contributed by atoms with van der Waals surface area (Å²) in [6, 6.07) is 3.84. The van der Waals surface area contributed by atoms with Gasteiger partial charge in [-0.3, -0.25) is 19.1 Å². The number of fused-ring (bicyclic) bond motifs is 1. The van der Waals surface area contributed by atoms with Crippen LogP contribution in [0.2, 0.25) is 5.15 Å². The molecule has 1 aromatic heterocycles. The Morgan fingerprint density at radius 2 is 1.97 bits per heavy atom. The Kier molecular flexibility index (Phi) is 7.88. The van der Waals surface area contributed by atoms with Gasteiger partial charge in [-0.05, 0) is 39.0 Å². The van der Waals surface area contributed by atoms with Gasteiger partial charge < -0.3 is 14.8 Å². The van der Waals surface area contributed by atoms with E-state index in [0.29, 0.717) is 20.4 Å². The summed E-state index contributed by atoms with van der Waals surface area (Å²) in [6.07, 6.45) is -5.75. The number of alkyl halides is 3. The molecule has 11 nitrogen and oxygen atoms in total. The van der Waals surface area contributed by atoms with Crippen LogP contribution < -0.4 is 19.7 Å². The Hall–Kier alpha value is -3.20. The molecule has 16 heteroatoms. The Morgan fingerprint density at radius 1 is 1.30 bits per heavy atom. The second-order valence-corrected chi connectivity index (χ2v) is 10.7. The number of amides is 2. The van der Waals surface area contributed by atoms with Crippen molar-refractivity contribution in [1.29, 1.82) is 0 Å². The molecule has 0 spiro atoms. The van der Waals surface area contributed by atoms with Gasteiger partial charge in [0.1, 0.15) is 16.7 Å². The molecule has 2 amide bonds.